The maximum absolute atomic E-state index is 11.9. The van der Waals surface area contributed by atoms with Crippen molar-refractivity contribution in [1.29, 1.82) is 0 Å². The number of carbonyl (C=O) groups is 1. The molecule has 1 heterocycles. The summed E-state index contributed by atoms with van der Waals surface area (Å²) >= 11 is 0. The molecule has 0 aliphatic carbocycles. The first-order valence-electron chi connectivity index (χ1n) is 7.53. The minimum Gasteiger partial charge on any atom is -0.403 e. The van der Waals surface area contributed by atoms with Crippen LogP contribution in [0.4, 0.5) is 5.69 Å². The summed E-state index contributed by atoms with van der Waals surface area (Å²) in [6.07, 6.45) is 4.96. The van der Waals surface area contributed by atoms with Gasteiger partial charge in [0.25, 0.3) is 5.69 Å². The first-order chi connectivity index (χ1) is 12.0. The van der Waals surface area contributed by atoms with Crippen LogP contribution in [0.2, 0.25) is 0 Å². The van der Waals surface area contributed by atoms with Crippen molar-refractivity contribution in [1.82, 2.24) is 0 Å². The number of cyclic esters (lactones) is 1. The highest BCUT2D eigenvalue weighted by Gasteiger charge is 2.21. The topological polar surface area (TPSA) is 81.8 Å². The molecule has 0 N–H and O–H groups in total. The highest BCUT2D eigenvalue weighted by molar-refractivity contribution is 6.11. The van der Waals surface area contributed by atoms with Gasteiger partial charge in [-0.15, -0.1) is 0 Å². The molecule has 6 heteroatoms. The fraction of sp³-hybridized carbons (Fsp3) is 0.0526. The van der Waals surface area contributed by atoms with Crippen LogP contribution in [0.15, 0.2) is 65.3 Å². The number of esters is 1. The third kappa shape index (κ3) is 4.06. The number of aliphatic imine (C=N–C) groups is 1. The van der Waals surface area contributed by atoms with Crippen LogP contribution in [0, 0.1) is 17.0 Å². The Morgan fingerprint density at radius 2 is 1.64 bits per heavy atom. The number of nitro groups is 1. The molecule has 0 bridgehead atoms. The Bertz CT molecular complexity index is 907. The van der Waals surface area contributed by atoms with Crippen LogP contribution < -0.4 is 0 Å². The lowest BCUT2D eigenvalue weighted by Gasteiger charge is -1.95. The van der Waals surface area contributed by atoms with Crippen molar-refractivity contribution in [3.8, 4) is 0 Å². The van der Waals surface area contributed by atoms with Gasteiger partial charge in [-0.05, 0) is 42.3 Å². The largest absolute Gasteiger partial charge is 0.403 e. The Morgan fingerprint density at radius 3 is 2.28 bits per heavy atom. The minimum absolute atomic E-state index is 0.0126. The minimum atomic E-state index is -0.554. The number of rotatable bonds is 4. The fourth-order valence-corrected chi connectivity index (χ4v) is 2.19. The fourth-order valence-electron chi connectivity index (χ4n) is 2.19. The summed E-state index contributed by atoms with van der Waals surface area (Å²) in [5.74, 6) is -0.347. The van der Waals surface area contributed by atoms with Crippen LogP contribution in [0.1, 0.15) is 16.7 Å². The first-order valence-corrected chi connectivity index (χ1v) is 7.53. The quantitative estimate of drug-likeness (QED) is 0.367. The Hall–Kier alpha value is -3.54. The summed E-state index contributed by atoms with van der Waals surface area (Å²) in [7, 11) is 0. The lowest BCUT2D eigenvalue weighted by Crippen LogP contribution is -2.01. The van der Waals surface area contributed by atoms with Crippen LogP contribution in [-0.2, 0) is 9.53 Å². The summed E-state index contributed by atoms with van der Waals surface area (Å²) < 4.78 is 5.10. The van der Waals surface area contributed by atoms with Gasteiger partial charge in [-0.25, -0.2) is 9.79 Å². The molecule has 0 amide bonds. The van der Waals surface area contributed by atoms with Crippen LogP contribution in [0.3, 0.4) is 0 Å². The zero-order chi connectivity index (χ0) is 17.8. The van der Waals surface area contributed by atoms with E-state index in [-0.39, 0.29) is 17.3 Å². The zero-order valence-corrected chi connectivity index (χ0v) is 13.4. The van der Waals surface area contributed by atoms with Gasteiger partial charge in [-0.2, -0.15) is 0 Å². The molecule has 1 aliphatic heterocycles. The standard InChI is InChI=1S/C19H14N2O4/c1-13-2-4-14(5-3-13)8-11-18-20-17(19(22)25-18)12-15-6-9-16(10-7-15)21(23)24/h2-12H,1H3. The average Bonchev–Trinajstić information content (AvgIpc) is 2.94. The van der Waals surface area contributed by atoms with E-state index in [1.165, 1.54) is 18.2 Å². The molecule has 0 saturated carbocycles. The number of nitrogens with zero attached hydrogens (tertiary/aromatic N) is 2. The van der Waals surface area contributed by atoms with Crippen LogP contribution in [-0.4, -0.2) is 16.8 Å². The number of benzene rings is 2. The Kier molecular flexibility index (Phi) is 4.52. The second-order valence-corrected chi connectivity index (χ2v) is 5.46. The van der Waals surface area contributed by atoms with Gasteiger partial charge >= 0.3 is 5.97 Å². The predicted molar refractivity (Wildman–Crippen MR) is 94.8 cm³/mol. The van der Waals surface area contributed by atoms with Crippen molar-refractivity contribution < 1.29 is 14.5 Å². The normalized spacial score (nSPS) is 15.5. The van der Waals surface area contributed by atoms with E-state index in [1.54, 1.807) is 24.3 Å². The van der Waals surface area contributed by atoms with Crippen LogP contribution in [0.5, 0.6) is 0 Å². The van der Waals surface area contributed by atoms with Gasteiger partial charge in [-0.3, -0.25) is 10.1 Å². The average molecular weight is 334 g/mol. The van der Waals surface area contributed by atoms with Crippen molar-refractivity contribution in [2.24, 2.45) is 4.99 Å². The molecule has 25 heavy (non-hydrogen) atoms. The molecule has 124 valence electrons. The molecule has 0 saturated heterocycles. The lowest BCUT2D eigenvalue weighted by atomic mass is 10.1. The zero-order valence-electron chi connectivity index (χ0n) is 13.4. The molecule has 0 atom stereocenters. The van der Waals surface area contributed by atoms with Crippen LogP contribution >= 0.6 is 0 Å². The molecule has 0 fully saturated rings. The van der Waals surface area contributed by atoms with E-state index in [1.807, 2.05) is 31.2 Å². The third-order valence-corrected chi connectivity index (χ3v) is 3.54. The molecule has 3 rings (SSSR count). The van der Waals surface area contributed by atoms with Crippen molar-refractivity contribution >= 4 is 29.7 Å². The molecule has 2 aromatic rings. The molecule has 6 nitrogen and oxygen atoms in total. The van der Waals surface area contributed by atoms with Gasteiger partial charge in [-0.1, -0.05) is 29.8 Å². The maximum Gasteiger partial charge on any atom is 0.363 e. The Morgan fingerprint density at radius 1 is 1.00 bits per heavy atom. The molecule has 0 spiro atoms. The SMILES string of the molecule is Cc1ccc(C=CC2=NC(=Cc3ccc([N+](=O)[O-])cc3)C(=O)O2)cc1. The number of non-ortho nitro benzene ring substituents is 1. The van der Waals surface area contributed by atoms with Gasteiger partial charge in [0.1, 0.15) is 0 Å². The number of hydrogen-bond acceptors (Lipinski definition) is 5. The molecular weight excluding hydrogens is 320 g/mol. The molecule has 0 aromatic heterocycles. The van der Waals surface area contributed by atoms with E-state index in [0.29, 0.717) is 5.56 Å². The van der Waals surface area contributed by atoms with Gasteiger partial charge < -0.3 is 4.74 Å². The van der Waals surface area contributed by atoms with E-state index in [9.17, 15) is 14.9 Å². The molecule has 1 aliphatic rings. The van der Waals surface area contributed by atoms with Crippen molar-refractivity contribution in [2.45, 2.75) is 6.92 Å². The summed E-state index contributed by atoms with van der Waals surface area (Å²) in [6, 6.07) is 13.7. The maximum atomic E-state index is 11.9. The van der Waals surface area contributed by atoms with Gasteiger partial charge in [0.05, 0.1) is 4.92 Å². The monoisotopic (exact) mass is 334 g/mol. The van der Waals surface area contributed by atoms with E-state index in [4.69, 9.17) is 4.74 Å². The van der Waals surface area contributed by atoms with Gasteiger partial charge in [0, 0.05) is 18.2 Å². The smallest absolute Gasteiger partial charge is 0.363 e. The van der Waals surface area contributed by atoms with Gasteiger partial charge in [0.15, 0.2) is 5.70 Å². The van der Waals surface area contributed by atoms with Crippen molar-refractivity contribution in [3.05, 3.63) is 87.1 Å². The van der Waals surface area contributed by atoms with E-state index in [2.05, 4.69) is 4.99 Å². The Balaban J connectivity index is 1.77. The second-order valence-electron chi connectivity index (χ2n) is 5.46. The summed E-state index contributed by atoms with van der Waals surface area (Å²) in [6.45, 7) is 2.01. The summed E-state index contributed by atoms with van der Waals surface area (Å²) in [5.41, 5.74) is 2.90. The number of hydrogen-bond donors (Lipinski definition) is 0. The van der Waals surface area contributed by atoms with Crippen molar-refractivity contribution in [2.75, 3.05) is 0 Å². The molecule has 0 radical (unpaired) electrons. The molecule has 2 aromatic carbocycles. The number of ether oxygens (including phenoxy) is 1. The first kappa shape index (κ1) is 16.3. The van der Waals surface area contributed by atoms with E-state index >= 15 is 0 Å². The highest BCUT2D eigenvalue weighted by atomic mass is 16.6. The second kappa shape index (κ2) is 6.92. The van der Waals surface area contributed by atoms with Gasteiger partial charge in [0.2, 0.25) is 5.90 Å². The number of carbonyl (C=O) groups excluding carboxylic acids is 1. The molecular formula is C19H14N2O4. The van der Waals surface area contributed by atoms with Crippen LogP contribution in [0.25, 0.3) is 12.2 Å². The Labute approximate surface area is 143 Å². The lowest BCUT2D eigenvalue weighted by molar-refractivity contribution is -0.384. The summed E-state index contributed by atoms with van der Waals surface area (Å²) in [5, 5.41) is 10.6. The highest BCUT2D eigenvalue weighted by Crippen LogP contribution is 2.19. The summed E-state index contributed by atoms with van der Waals surface area (Å²) in [4.78, 5) is 26.2. The van der Waals surface area contributed by atoms with Crippen molar-refractivity contribution in [3.63, 3.8) is 0 Å². The van der Waals surface area contributed by atoms with E-state index < -0.39 is 10.9 Å². The number of aryl methyl sites for hydroxylation is 1. The third-order valence-electron chi connectivity index (χ3n) is 3.54. The number of nitro benzene ring substituents is 1. The van der Waals surface area contributed by atoms with E-state index in [0.717, 1.165) is 11.1 Å². The molecule has 0 unspecified atom stereocenters. The predicted octanol–water partition coefficient (Wildman–Crippen LogP) is 3.91.